The van der Waals surface area contributed by atoms with Crippen molar-refractivity contribution < 1.29 is 24.2 Å². The van der Waals surface area contributed by atoms with Gasteiger partial charge in [-0.15, -0.1) is 28.6 Å². The Morgan fingerprint density at radius 1 is 1.15 bits per heavy atom. The van der Waals surface area contributed by atoms with E-state index in [-0.39, 0.29) is 58.2 Å². The SMILES string of the molecule is CCCc1c(OCCCSc2ccc(C(SCc3nnn[nH]3)C(C)CC(=O)OC)cc2)ccc(C(C)=O)c1O.[NaH]. The summed E-state index contributed by atoms with van der Waals surface area (Å²) >= 11 is 3.44. The second-order valence-electron chi connectivity index (χ2n) is 9.20. The van der Waals surface area contributed by atoms with E-state index >= 15 is 0 Å². The predicted octanol–water partition coefficient (Wildman–Crippen LogP) is 5.15. The van der Waals surface area contributed by atoms with Crippen LogP contribution < -0.4 is 4.74 Å². The molecule has 2 N–H and O–H groups in total. The van der Waals surface area contributed by atoms with Gasteiger partial charge < -0.3 is 14.6 Å². The van der Waals surface area contributed by atoms with Gasteiger partial charge in [-0.2, -0.15) is 0 Å². The van der Waals surface area contributed by atoms with Crippen molar-refractivity contribution in [3.63, 3.8) is 0 Å². The molecule has 2 unspecified atom stereocenters. The zero-order valence-electron chi connectivity index (χ0n) is 22.8. The summed E-state index contributed by atoms with van der Waals surface area (Å²) < 4.78 is 10.9. The molecule has 0 radical (unpaired) electrons. The number of phenols is 1. The quantitative estimate of drug-likeness (QED) is 0.0754. The molecular formula is C28H37N4NaO5S2. The van der Waals surface area contributed by atoms with Crippen LogP contribution in [0.2, 0.25) is 0 Å². The number of esters is 1. The first-order chi connectivity index (χ1) is 18.8. The second-order valence-corrected chi connectivity index (χ2v) is 11.5. The number of phenolic OH excluding ortho intramolecular Hbond substituents is 1. The number of H-pyrrole nitrogens is 1. The number of benzene rings is 2. The van der Waals surface area contributed by atoms with E-state index < -0.39 is 0 Å². The zero-order chi connectivity index (χ0) is 28.2. The first kappa shape index (κ1) is 34.2. The molecule has 0 aliphatic rings. The van der Waals surface area contributed by atoms with Gasteiger partial charge in [0.25, 0.3) is 0 Å². The summed E-state index contributed by atoms with van der Waals surface area (Å²) in [6.45, 7) is 6.05. The molecule has 0 bridgehead atoms. The van der Waals surface area contributed by atoms with Crippen molar-refractivity contribution in [2.75, 3.05) is 19.5 Å². The third-order valence-corrected chi connectivity index (χ3v) is 8.80. The molecule has 0 aliphatic heterocycles. The third kappa shape index (κ3) is 10.1. The van der Waals surface area contributed by atoms with Crippen LogP contribution in [-0.2, 0) is 21.7 Å². The Hall–Kier alpha value is -2.05. The van der Waals surface area contributed by atoms with Crippen LogP contribution in [0, 0.1) is 5.92 Å². The number of rotatable bonds is 16. The van der Waals surface area contributed by atoms with Crippen molar-refractivity contribution >= 4 is 64.8 Å². The fraction of sp³-hybridized carbons (Fsp3) is 0.464. The third-order valence-electron chi connectivity index (χ3n) is 6.16. The van der Waals surface area contributed by atoms with Gasteiger partial charge in [-0.3, -0.25) is 9.59 Å². The van der Waals surface area contributed by atoms with E-state index in [1.807, 2.05) is 6.92 Å². The monoisotopic (exact) mass is 596 g/mol. The van der Waals surface area contributed by atoms with E-state index in [1.54, 1.807) is 35.7 Å². The summed E-state index contributed by atoms with van der Waals surface area (Å²) in [6.07, 6.45) is 2.65. The first-order valence-corrected chi connectivity index (χ1v) is 15.0. The standard InChI is InChI=1S/C28H36N4O5S2.Na.H/c1-5-7-23-24(13-12-22(19(3)33)27(23)35)37-14-6-15-38-21-10-8-20(9-11-21)28(18(2)16-26(34)36-4)39-17-25-29-31-32-30-25;;/h8-13,18,28,35H,5-7,14-17H2,1-4H3,(H,29,30,31,32);;. The number of nitrogens with zero attached hydrogens (tertiary/aromatic N) is 3. The molecule has 0 spiro atoms. The van der Waals surface area contributed by atoms with Gasteiger partial charge >= 0.3 is 35.5 Å². The Kier molecular flexibility index (Phi) is 15.1. The molecule has 40 heavy (non-hydrogen) atoms. The van der Waals surface area contributed by atoms with Crippen molar-refractivity contribution in [2.24, 2.45) is 5.92 Å². The Balaban J connectivity index is 0.00000560. The molecule has 1 heterocycles. The van der Waals surface area contributed by atoms with E-state index in [1.165, 1.54) is 14.0 Å². The molecule has 0 fully saturated rings. The minimum atomic E-state index is -0.226. The van der Waals surface area contributed by atoms with Gasteiger partial charge in [0.2, 0.25) is 0 Å². The average Bonchev–Trinajstić information content (AvgIpc) is 3.44. The maximum atomic E-state index is 11.9. The summed E-state index contributed by atoms with van der Waals surface area (Å²) in [7, 11) is 1.41. The van der Waals surface area contributed by atoms with Gasteiger partial charge in [-0.25, -0.2) is 5.10 Å². The molecule has 3 rings (SSSR count). The molecule has 0 saturated heterocycles. The van der Waals surface area contributed by atoms with Crippen molar-refractivity contribution in [3.05, 3.63) is 58.9 Å². The fourth-order valence-corrected chi connectivity index (χ4v) is 6.22. The number of carbonyl (C=O) groups is 2. The van der Waals surface area contributed by atoms with Crippen LogP contribution in [0.15, 0.2) is 41.3 Å². The number of Topliss-reactive ketones (excluding diaryl/α,β-unsaturated/α-hetero) is 1. The minimum absolute atomic E-state index is 0. The fourth-order valence-electron chi connectivity index (χ4n) is 4.16. The molecule has 0 aliphatic carbocycles. The molecule has 9 nitrogen and oxygen atoms in total. The number of ether oxygens (including phenoxy) is 2. The van der Waals surface area contributed by atoms with Crippen molar-refractivity contribution in [3.8, 4) is 11.5 Å². The summed E-state index contributed by atoms with van der Waals surface area (Å²) in [6, 6.07) is 11.8. The molecular weight excluding hydrogens is 559 g/mol. The first-order valence-electron chi connectivity index (χ1n) is 13.0. The number of hydrogen-bond donors (Lipinski definition) is 2. The van der Waals surface area contributed by atoms with Crippen LogP contribution in [0.1, 0.15) is 72.6 Å². The number of aromatic hydroxyl groups is 1. The number of aromatic nitrogens is 4. The average molecular weight is 597 g/mol. The Bertz CT molecular complexity index is 1210. The van der Waals surface area contributed by atoms with Crippen molar-refractivity contribution in [1.82, 2.24) is 20.6 Å². The molecule has 0 amide bonds. The molecule has 2 atom stereocenters. The van der Waals surface area contributed by atoms with Crippen LogP contribution >= 0.6 is 23.5 Å². The molecule has 3 aromatic rings. The zero-order valence-corrected chi connectivity index (χ0v) is 24.4. The molecule has 212 valence electrons. The Morgan fingerprint density at radius 3 is 2.52 bits per heavy atom. The van der Waals surface area contributed by atoms with E-state index in [0.29, 0.717) is 47.9 Å². The molecule has 1 aromatic heterocycles. The van der Waals surface area contributed by atoms with Gasteiger partial charge in [0, 0.05) is 27.9 Å². The van der Waals surface area contributed by atoms with E-state index in [9.17, 15) is 14.7 Å². The number of methoxy groups -OCH3 is 1. The number of hydrogen-bond acceptors (Lipinski definition) is 10. The molecule has 2 aromatic carbocycles. The van der Waals surface area contributed by atoms with Gasteiger partial charge in [0.15, 0.2) is 11.6 Å². The van der Waals surface area contributed by atoms with Crippen LogP contribution in [0.4, 0.5) is 0 Å². The van der Waals surface area contributed by atoms with E-state index in [4.69, 9.17) is 9.47 Å². The van der Waals surface area contributed by atoms with Gasteiger partial charge in [-0.1, -0.05) is 32.4 Å². The van der Waals surface area contributed by atoms with Crippen LogP contribution in [0.25, 0.3) is 0 Å². The van der Waals surface area contributed by atoms with Gasteiger partial charge in [0.05, 0.1) is 25.0 Å². The maximum absolute atomic E-state index is 11.9. The Morgan fingerprint density at radius 2 is 1.90 bits per heavy atom. The van der Waals surface area contributed by atoms with Crippen LogP contribution in [0.5, 0.6) is 11.5 Å². The number of carbonyl (C=O) groups excluding carboxylic acids is 2. The van der Waals surface area contributed by atoms with Crippen LogP contribution in [-0.4, -0.2) is 86.5 Å². The number of nitrogens with one attached hydrogen (secondary N) is 1. The summed E-state index contributed by atoms with van der Waals surface area (Å²) in [5.41, 5.74) is 2.16. The van der Waals surface area contributed by atoms with Gasteiger partial charge in [-0.05, 0) is 65.9 Å². The summed E-state index contributed by atoms with van der Waals surface area (Å²) in [5.74, 6) is 2.52. The predicted molar refractivity (Wildman–Crippen MR) is 161 cm³/mol. The van der Waals surface area contributed by atoms with E-state index in [2.05, 4.69) is 51.8 Å². The topological polar surface area (TPSA) is 127 Å². The van der Waals surface area contributed by atoms with Gasteiger partial charge in [0.1, 0.15) is 11.5 Å². The normalized spacial score (nSPS) is 12.3. The van der Waals surface area contributed by atoms with Crippen molar-refractivity contribution in [2.45, 2.75) is 62.4 Å². The number of tetrazole rings is 1. The Labute approximate surface area is 266 Å². The molecule has 0 saturated carbocycles. The van der Waals surface area contributed by atoms with Crippen LogP contribution in [0.3, 0.4) is 0 Å². The summed E-state index contributed by atoms with van der Waals surface area (Å²) in [4.78, 5) is 24.8. The second kappa shape index (κ2) is 17.7. The number of ketones is 1. The molecule has 12 heteroatoms. The number of aromatic amines is 1. The van der Waals surface area contributed by atoms with Crippen molar-refractivity contribution in [1.29, 1.82) is 0 Å². The van der Waals surface area contributed by atoms with E-state index in [0.717, 1.165) is 29.1 Å². The summed E-state index contributed by atoms with van der Waals surface area (Å²) in [5, 5.41) is 24.6. The number of thioether (sulfide) groups is 2.